The van der Waals surface area contributed by atoms with Gasteiger partial charge in [-0.25, -0.2) is 0 Å². The highest BCUT2D eigenvalue weighted by Gasteiger charge is 2.43. The number of carbonyl (C=O) groups is 1. The Bertz CT molecular complexity index is 446. The molecule has 1 aromatic carbocycles. The van der Waals surface area contributed by atoms with Gasteiger partial charge in [0.15, 0.2) is 0 Å². The van der Waals surface area contributed by atoms with Gasteiger partial charge in [0.2, 0.25) is 0 Å². The number of carbonyl (C=O) groups excluding carboxylic acids is 1. The van der Waals surface area contributed by atoms with Crippen LogP contribution < -0.4 is 0 Å². The molecule has 2 nitrogen and oxygen atoms in total. The van der Waals surface area contributed by atoms with E-state index in [1.54, 1.807) is 0 Å². The first-order valence-electron chi connectivity index (χ1n) is 5.80. The number of benzene rings is 1. The van der Waals surface area contributed by atoms with Gasteiger partial charge in [-0.3, -0.25) is 4.79 Å². The van der Waals surface area contributed by atoms with Crippen LogP contribution in [0.1, 0.15) is 49.2 Å². The second kappa shape index (κ2) is 3.34. The third-order valence-corrected chi connectivity index (χ3v) is 3.40. The fraction of sp³-hybridized carbons (Fsp3) is 0.500. The molecule has 0 saturated carbocycles. The Balaban J connectivity index is 2.62. The molecule has 0 radical (unpaired) electrons. The molecule has 2 rings (SSSR count). The van der Waals surface area contributed by atoms with Gasteiger partial charge in [-0.2, -0.15) is 0 Å². The Labute approximate surface area is 97.3 Å². The number of nitrogens with zero attached hydrogens (tertiary/aromatic N) is 1. The van der Waals surface area contributed by atoms with E-state index in [0.717, 1.165) is 16.7 Å². The number of hydrogen-bond acceptors (Lipinski definition) is 1. The number of aryl methyl sites for hydroxylation is 1. The van der Waals surface area contributed by atoms with Gasteiger partial charge in [0, 0.05) is 11.6 Å². The summed E-state index contributed by atoms with van der Waals surface area (Å²) in [6.07, 6.45) is 0. The summed E-state index contributed by atoms with van der Waals surface area (Å²) < 4.78 is 0. The van der Waals surface area contributed by atoms with Crippen molar-refractivity contribution >= 4 is 5.91 Å². The molecule has 1 heterocycles. The first-order valence-corrected chi connectivity index (χ1v) is 5.80. The van der Waals surface area contributed by atoms with E-state index in [1.165, 1.54) is 0 Å². The van der Waals surface area contributed by atoms with E-state index >= 15 is 0 Å². The maximum absolute atomic E-state index is 12.3. The van der Waals surface area contributed by atoms with Crippen LogP contribution in [0.25, 0.3) is 0 Å². The van der Waals surface area contributed by atoms with Crippen molar-refractivity contribution in [3.63, 3.8) is 0 Å². The first-order chi connectivity index (χ1) is 7.35. The second-order valence-corrected chi connectivity index (χ2v) is 5.38. The molecule has 0 bridgehead atoms. The highest BCUT2D eigenvalue weighted by Crippen LogP contribution is 2.40. The van der Waals surface area contributed by atoms with Gasteiger partial charge >= 0.3 is 0 Å². The van der Waals surface area contributed by atoms with Crippen LogP contribution in [0.15, 0.2) is 18.2 Å². The van der Waals surface area contributed by atoms with Crippen LogP contribution in [-0.4, -0.2) is 16.8 Å². The number of fused-ring (bicyclic) bond motifs is 1. The molecule has 1 aromatic rings. The van der Waals surface area contributed by atoms with E-state index < -0.39 is 0 Å². The Hall–Kier alpha value is -1.31. The average Bonchev–Trinajstić information content (AvgIpc) is 2.34. The van der Waals surface area contributed by atoms with Crippen molar-refractivity contribution < 1.29 is 4.79 Å². The van der Waals surface area contributed by atoms with Crippen LogP contribution in [0.5, 0.6) is 0 Å². The molecule has 0 aromatic heterocycles. The molecule has 0 spiro atoms. The molecular formula is C14H19NO. The van der Waals surface area contributed by atoms with Crippen molar-refractivity contribution in [1.82, 2.24) is 4.90 Å². The zero-order valence-corrected chi connectivity index (χ0v) is 10.7. The van der Waals surface area contributed by atoms with Crippen molar-refractivity contribution in [3.8, 4) is 0 Å². The third-order valence-electron chi connectivity index (χ3n) is 3.40. The van der Waals surface area contributed by atoms with Crippen molar-refractivity contribution in [3.05, 3.63) is 34.9 Å². The van der Waals surface area contributed by atoms with E-state index in [1.807, 2.05) is 17.9 Å². The van der Waals surface area contributed by atoms with Crippen molar-refractivity contribution in [1.29, 1.82) is 0 Å². The summed E-state index contributed by atoms with van der Waals surface area (Å²) in [5, 5.41) is 0. The molecule has 0 atom stereocenters. The molecule has 0 aliphatic carbocycles. The molecule has 0 fully saturated rings. The van der Waals surface area contributed by atoms with Crippen LogP contribution in [0, 0.1) is 6.92 Å². The van der Waals surface area contributed by atoms with E-state index in [4.69, 9.17) is 0 Å². The Kier molecular flexibility index (Phi) is 2.33. The molecule has 16 heavy (non-hydrogen) atoms. The Morgan fingerprint density at radius 2 is 1.88 bits per heavy atom. The van der Waals surface area contributed by atoms with Crippen LogP contribution in [0.3, 0.4) is 0 Å². The highest BCUT2D eigenvalue weighted by atomic mass is 16.2. The summed E-state index contributed by atoms with van der Waals surface area (Å²) in [5.41, 5.74) is 2.98. The largest absolute Gasteiger partial charge is 0.327 e. The predicted octanol–water partition coefficient (Wildman–Crippen LogP) is 3.09. The Morgan fingerprint density at radius 1 is 1.25 bits per heavy atom. The summed E-state index contributed by atoms with van der Waals surface area (Å²) in [4.78, 5) is 14.3. The smallest absolute Gasteiger partial charge is 0.255 e. The van der Waals surface area contributed by atoms with E-state index in [9.17, 15) is 4.79 Å². The van der Waals surface area contributed by atoms with Gasteiger partial charge in [-0.05, 0) is 46.2 Å². The third kappa shape index (κ3) is 1.36. The fourth-order valence-corrected chi connectivity index (χ4v) is 2.76. The summed E-state index contributed by atoms with van der Waals surface area (Å²) in [7, 11) is 0. The zero-order chi connectivity index (χ0) is 12.1. The lowest BCUT2D eigenvalue weighted by molar-refractivity contribution is 0.0525. The van der Waals surface area contributed by atoms with Crippen molar-refractivity contribution in [2.45, 2.75) is 46.2 Å². The van der Waals surface area contributed by atoms with Crippen molar-refractivity contribution in [2.24, 2.45) is 0 Å². The van der Waals surface area contributed by atoms with Crippen LogP contribution in [-0.2, 0) is 5.54 Å². The van der Waals surface area contributed by atoms with Crippen LogP contribution in [0.4, 0.5) is 0 Å². The Morgan fingerprint density at radius 3 is 2.44 bits per heavy atom. The lowest BCUT2D eigenvalue weighted by Crippen LogP contribution is -2.43. The summed E-state index contributed by atoms with van der Waals surface area (Å²) in [6.45, 7) is 10.4. The predicted molar refractivity (Wildman–Crippen MR) is 65.5 cm³/mol. The number of hydrogen-bond donors (Lipinski definition) is 0. The van der Waals surface area contributed by atoms with Gasteiger partial charge in [-0.1, -0.05) is 17.7 Å². The normalized spacial score (nSPS) is 18.1. The molecule has 2 heteroatoms. The van der Waals surface area contributed by atoms with Crippen LogP contribution >= 0.6 is 0 Å². The molecule has 1 aliphatic heterocycles. The molecule has 0 unspecified atom stereocenters. The molecule has 1 aliphatic rings. The van der Waals surface area contributed by atoms with Gasteiger partial charge in [0.05, 0.1) is 5.54 Å². The summed E-state index contributed by atoms with van der Waals surface area (Å²) in [5.74, 6) is 0.165. The molecule has 0 saturated heterocycles. The maximum atomic E-state index is 12.3. The first kappa shape index (κ1) is 11.2. The topological polar surface area (TPSA) is 20.3 Å². The van der Waals surface area contributed by atoms with Gasteiger partial charge < -0.3 is 4.90 Å². The van der Waals surface area contributed by atoms with E-state index in [0.29, 0.717) is 0 Å². The molecule has 0 N–H and O–H groups in total. The SMILES string of the molecule is Cc1ccc2c(c1)C(=O)N(C(C)C)C2(C)C. The number of rotatable bonds is 1. The van der Waals surface area contributed by atoms with Gasteiger partial charge in [0.25, 0.3) is 5.91 Å². The lowest BCUT2D eigenvalue weighted by Gasteiger charge is -2.35. The van der Waals surface area contributed by atoms with E-state index in [-0.39, 0.29) is 17.5 Å². The van der Waals surface area contributed by atoms with Crippen LogP contribution in [0.2, 0.25) is 0 Å². The fourth-order valence-electron chi connectivity index (χ4n) is 2.76. The van der Waals surface area contributed by atoms with E-state index in [2.05, 4.69) is 39.8 Å². The highest BCUT2D eigenvalue weighted by molar-refractivity contribution is 6.00. The lowest BCUT2D eigenvalue weighted by atomic mass is 9.92. The molecular weight excluding hydrogens is 198 g/mol. The molecule has 86 valence electrons. The second-order valence-electron chi connectivity index (χ2n) is 5.38. The number of amides is 1. The zero-order valence-electron chi connectivity index (χ0n) is 10.7. The van der Waals surface area contributed by atoms with Crippen molar-refractivity contribution in [2.75, 3.05) is 0 Å². The quantitative estimate of drug-likeness (QED) is 0.708. The minimum atomic E-state index is -0.186. The summed E-state index contributed by atoms with van der Waals surface area (Å²) >= 11 is 0. The molecule has 1 amide bonds. The van der Waals surface area contributed by atoms with Gasteiger partial charge in [-0.15, -0.1) is 0 Å². The monoisotopic (exact) mass is 217 g/mol. The average molecular weight is 217 g/mol. The van der Waals surface area contributed by atoms with Gasteiger partial charge in [0.1, 0.15) is 0 Å². The standard InChI is InChI=1S/C14H19NO/c1-9(2)15-13(16)11-8-10(3)6-7-12(11)14(15,4)5/h6-9H,1-5H3. The minimum Gasteiger partial charge on any atom is -0.327 e. The maximum Gasteiger partial charge on any atom is 0.255 e. The summed E-state index contributed by atoms with van der Waals surface area (Å²) in [6, 6.07) is 6.40. The minimum absolute atomic E-state index is 0.165.